The number of carbonyl (C=O) groups excluding carboxylic acids is 2. The van der Waals surface area contributed by atoms with Crippen molar-refractivity contribution in [1.82, 2.24) is 24.3 Å². The van der Waals surface area contributed by atoms with Gasteiger partial charge in [0.15, 0.2) is 29.4 Å². The molecule has 0 fully saturated rings. The Kier molecular flexibility index (Phi) is 10.6. The summed E-state index contributed by atoms with van der Waals surface area (Å²) in [6, 6.07) is 16.2. The lowest BCUT2D eigenvalue weighted by atomic mass is 10.1. The average Bonchev–Trinajstić information content (AvgIpc) is 3.51. The predicted molar refractivity (Wildman–Crippen MR) is 174 cm³/mol. The van der Waals surface area contributed by atoms with Crippen molar-refractivity contribution in [3.63, 3.8) is 0 Å². The molecular weight excluding hydrogens is 674 g/mol. The molecule has 7 rings (SSSR count). The number of carbonyl (C=O) groups is 2. The number of benzene rings is 2. The van der Waals surface area contributed by atoms with Gasteiger partial charge in [0.05, 0.1) is 34.6 Å². The molecule has 0 radical (unpaired) electrons. The van der Waals surface area contributed by atoms with Crippen LogP contribution in [0.4, 0.5) is 17.6 Å². The van der Waals surface area contributed by atoms with Crippen LogP contribution < -0.4 is 0 Å². The quantitative estimate of drug-likeness (QED) is 0.0868. The summed E-state index contributed by atoms with van der Waals surface area (Å²) in [6.07, 6.45) is 8.84. The lowest BCUT2D eigenvalue weighted by Gasteiger charge is -2.05. The molecule has 11 nitrogen and oxygen atoms in total. The van der Waals surface area contributed by atoms with Crippen LogP contribution in [0.2, 0.25) is 0 Å². The molecule has 0 aliphatic rings. The fourth-order valence-corrected chi connectivity index (χ4v) is 4.64. The maximum absolute atomic E-state index is 13.7. The second kappa shape index (κ2) is 15.4. The maximum atomic E-state index is 13.7. The zero-order valence-electron chi connectivity index (χ0n) is 25.8. The number of imidazole rings is 1. The molecule has 4 N–H and O–H groups in total. The van der Waals surface area contributed by atoms with Crippen LogP contribution >= 0.6 is 0 Å². The van der Waals surface area contributed by atoms with Crippen molar-refractivity contribution < 1.29 is 47.6 Å². The Bertz CT molecular complexity index is 2370. The summed E-state index contributed by atoms with van der Waals surface area (Å²) in [5, 5.41) is 38.3. The zero-order chi connectivity index (χ0) is 36.7. The molecule has 0 atom stereocenters. The Morgan fingerprint density at radius 2 is 1.37 bits per heavy atom. The summed E-state index contributed by atoms with van der Waals surface area (Å²) in [5.74, 6) is -5.80. The molecule has 5 aromatic heterocycles. The Morgan fingerprint density at radius 1 is 0.706 bits per heavy atom. The minimum Gasteiger partial charge on any atom is -0.506 e. The van der Waals surface area contributed by atoms with E-state index in [9.17, 15) is 42.5 Å². The standard InChI is InChI=1S/C18H11F2N3O2.C11H8N2O2.C7H4F2O2/c19-10-7-12(17(25)13(20)8-10)18-22-16(11-4-5-21-9-15(11)24)14-3-1-2-6-23(14)18;14-10-7-12-6-4-8(10)11(15)9-3-1-2-5-13-9;8-5-1-4(3-10)7(11)6(9)2-5/h1-9,24-25H;1-7,14H;1-3,11H. The summed E-state index contributed by atoms with van der Waals surface area (Å²) in [6.45, 7) is 0. The van der Waals surface area contributed by atoms with Gasteiger partial charge in [-0.1, -0.05) is 12.1 Å². The summed E-state index contributed by atoms with van der Waals surface area (Å²) >= 11 is 0. The van der Waals surface area contributed by atoms with Crippen LogP contribution in [0, 0.1) is 23.3 Å². The number of hydrogen-bond acceptors (Lipinski definition) is 10. The molecule has 2 aromatic carbocycles. The number of nitrogens with zero attached hydrogens (tertiary/aromatic N) is 5. The monoisotopic (exact) mass is 697 g/mol. The number of phenolic OH excluding ortho intramolecular Hbond substituents is 2. The van der Waals surface area contributed by atoms with Gasteiger partial charge in [-0.05, 0) is 48.5 Å². The van der Waals surface area contributed by atoms with Gasteiger partial charge in [0.25, 0.3) is 0 Å². The van der Waals surface area contributed by atoms with Gasteiger partial charge in [0.1, 0.15) is 40.3 Å². The Hall–Kier alpha value is -7.16. The van der Waals surface area contributed by atoms with E-state index in [4.69, 9.17) is 5.11 Å². The van der Waals surface area contributed by atoms with E-state index in [0.29, 0.717) is 34.6 Å². The van der Waals surface area contributed by atoms with Crippen molar-refractivity contribution in [2.45, 2.75) is 0 Å². The van der Waals surface area contributed by atoms with Crippen LogP contribution in [0.5, 0.6) is 23.0 Å². The topological polar surface area (TPSA) is 171 Å². The lowest BCUT2D eigenvalue weighted by Crippen LogP contribution is -2.03. The van der Waals surface area contributed by atoms with Crippen molar-refractivity contribution in [1.29, 1.82) is 0 Å². The molecule has 7 aromatic rings. The molecule has 0 saturated heterocycles. The molecule has 0 saturated carbocycles. The number of aldehydes is 1. The van der Waals surface area contributed by atoms with Gasteiger partial charge in [-0.2, -0.15) is 0 Å². The molecular formula is C36H23F4N5O6. The van der Waals surface area contributed by atoms with Crippen LogP contribution in [-0.2, 0) is 0 Å². The zero-order valence-corrected chi connectivity index (χ0v) is 25.8. The Morgan fingerprint density at radius 3 is 2.04 bits per heavy atom. The Labute approximate surface area is 285 Å². The summed E-state index contributed by atoms with van der Waals surface area (Å²) in [4.78, 5) is 37.7. The second-order valence-electron chi connectivity index (χ2n) is 10.3. The molecule has 0 aliphatic carbocycles. The van der Waals surface area contributed by atoms with Crippen molar-refractivity contribution >= 4 is 17.6 Å². The smallest absolute Gasteiger partial charge is 0.215 e. The van der Waals surface area contributed by atoms with Gasteiger partial charge < -0.3 is 20.4 Å². The fraction of sp³-hybridized carbons (Fsp3) is 0. The number of ketones is 1. The van der Waals surface area contributed by atoms with Crippen LogP contribution in [0.1, 0.15) is 26.4 Å². The average molecular weight is 698 g/mol. The maximum Gasteiger partial charge on any atom is 0.215 e. The van der Waals surface area contributed by atoms with E-state index in [1.807, 2.05) is 0 Å². The minimum absolute atomic E-state index is 0.0763. The highest BCUT2D eigenvalue weighted by atomic mass is 19.1. The SMILES string of the molecule is O=C(c1ccccn1)c1ccncc1O.O=Cc1cc(F)cc(F)c1O.Oc1cnccc1-c1nc(-c2cc(F)cc(F)c2O)n2ccccc12. The van der Waals surface area contributed by atoms with Gasteiger partial charge in [0, 0.05) is 42.5 Å². The molecule has 0 spiro atoms. The molecule has 15 heteroatoms. The lowest BCUT2D eigenvalue weighted by molar-refractivity contribution is 0.103. The van der Waals surface area contributed by atoms with Gasteiger partial charge in [-0.3, -0.25) is 28.9 Å². The molecule has 256 valence electrons. The number of fused-ring (bicyclic) bond motifs is 1. The summed E-state index contributed by atoms with van der Waals surface area (Å²) < 4.78 is 53.6. The number of aromatic nitrogens is 5. The normalized spacial score (nSPS) is 10.4. The van der Waals surface area contributed by atoms with Gasteiger partial charge in [-0.25, -0.2) is 22.5 Å². The molecule has 0 aliphatic heterocycles. The third-order valence-corrected chi connectivity index (χ3v) is 7.00. The third kappa shape index (κ3) is 7.78. The van der Waals surface area contributed by atoms with Gasteiger partial charge in [0.2, 0.25) is 5.78 Å². The van der Waals surface area contributed by atoms with Crippen molar-refractivity contribution in [3.05, 3.63) is 150 Å². The van der Waals surface area contributed by atoms with Crippen molar-refractivity contribution in [2.75, 3.05) is 0 Å². The van der Waals surface area contributed by atoms with E-state index in [1.165, 1.54) is 37.1 Å². The predicted octanol–water partition coefficient (Wildman–Crippen LogP) is 6.65. The second-order valence-corrected chi connectivity index (χ2v) is 10.3. The first kappa shape index (κ1) is 35.2. The number of aromatic hydroxyl groups is 4. The van der Waals surface area contributed by atoms with Crippen molar-refractivity contribution in [2.24, 2.45) is 0 Å². The number of hydrogen-bond donors (Lipinski definition) is 4. The first-order chi connectivity index (χ1) is 24.5. The first-order valence-corrected chi connectivity index (χ1v) is 14.5. The molecule has 51 heavy (non-hydrogen) atoms. The number of pyridine rings is 4. The van der Waals surface area contributed by atoms with Crippen LogP contribution in [-0.4, -0.2) is 56.8 Å². The van der Waals surface area contributed by atoms with Gasteiger partial charge >= 0.3 is 0 Å². The van der Waals surface area contributed by atoms with E-state index < -0.39 is 34.8 Å². The Balaban J connectivity index is 0.000000165. The number of phenols is 2. The molecule has 0 bridgehead atoms. The highest BCUT2D eigenvalue weighted by Gasteiger charge is 2.21. The minimum atomic E-state index is -1.13. The van der Waals surface area contributed by atoms with Crippen LogP contribution in [0.15, 0.2) is 110 Å². The van der Waals surface area contributed by atoms with E-state index in [2.05, 4.69) is 19.9 Å². The number of halogens is 4. The van der Waals surface area contributed by atoms with E-state index in [0.717, 1.165) is 12.1 Å². The van der Waals surface area contributed by atoms with E-state index >= 15 is 0 Å². The highest BCUT2D eigenvalue weighted by Crippen LogP contribution is 2.37. The summed E-state index contributed by atoms with van der Waals surface area (Å²) in [5.41, 5.74) is 1.47. The van der Waals surface area contributed by atoms with Crippen LogP contribution in [0.25, 0.3) is 28.2 Å². The summed E-state index contributed by atoms with van der Waals surface area (Å²) in [7, 11) is 0. The third-order valence-electron chi connectivity index (χ3n) is 7.00. The number of rotatable bonds is 5. The van der Waals surface area contributed by atoms with E-state index in [1.54, 1.807) is 53.1 Å². The van der Waals surface area contributed by atoms with Crippen LogP contribution in [0.3, 0.4) is 0 Å². The molecule has 5 heterocycles. The fourth-order valence-electron chi connectivity index (χ4n) is 4.64. The first-order valence-electron chi connectivity index (χ1n) is 14.5. The molecule has 0 amide bonds. The van der Waals surface area contributed by atoms with Crippen molar-refractivity contribution in [3.8, 4) is 45.6 Å². The molecule has 0 unspecified atom stereocenters. The largest absolute Gasteiger partial charge is 0.506 e. The van der Waals surface area contributed by atoms with E-state index in [-0.39, 0.29) is 46.1 Å². The van der Waals surface area contributed by atoms with Gasteiger partial charge in [-0.15, -0.1) is 0 Å². The highest BCUT2D eigenvalue weighted by molar-refractivity contribution is 6.09.